The molecule has 62 valence electrons. The molecule has 0 radical (unpaired) electrons. The maximum absolute atomic E-state index is 12.5. The van der Waals surface area contributed by atoms with E-state index in [0.29, 0.717) is 0 Å². The molecule has 0 bridgehead atoms. The van der Waals surface area contributed by atoms with E-state index < -0.39 is 0 Å². The Balaban J connectivity index is 2.89. The van der Waals surface area contributed by atoms with Crippen LogP contribution >= 0.6 is 0 Å². The van der Waals surface area contributed by atoms with Gasteiger partial charge in [0.2, 0.25) is 0 Å². The van der Waals surface area contributed by atoms with Crippen molar-refractivity contribution in [3.8, 4) is 6.07 Å². The molecule has 0 aliphatic heterocycles. The first kappa shape index (κ1) is 8.73. The SMILES string of the molecule is CCC(C#N)c1ccc(F)cc1. The first-order chi connectivity index (χ1) is 5.77. The lowest BCUT2D eigenvalue weighted by atomic mass is 9.98. The first-order valence-corrected chi connectivity index (χ1v) is 3.93. The van der Waals surface area contributed by atoms with Gasteiger partial charge in [-0.05, 0) is 24.1 Å². The second-order valence-electron chi connectivity index (χ2n) is 2.64. The molecule has 1 aromatic rings. The van der Waals surface area contributed by atoms with E-state index in [2.05, 4.69) is 6.07 Å². The fourth-order valence-electron chi connectivity index (χ4n) is 1.10. The van der Waals surface area contributed by atoms with Gasteiger partial charge in [0.05, 0.1) is 12.0 Å². The second-order valence-corrected chi connectivity index (χ2v) is 2.64. The van der Waals surface area contributed by atoms with Crippen molar-refractivity contribution in [3.05, 3.63) is 35.6 Å². The molecule has 1 nitrogen and oxygen atoms in total. The highest BCUT2D eigenvalue weighted by atomic mass is 19.1. The van der Waals surface area contributed by atoms with Crippen molar-refractivity contribution < 1.29 is 4.39 Å². The van der Waals surface area contributed by atoms with Gasteiger partial charge in [-0.25, -0.2) is 4.39 Å². The highest BCUT2D eigenvalue weighted by Crippen LogP contribution is 2.18. The molecular formula is C10H10FN. The molecule has 1 unspecified atom stereocenters. The summed E-state index contributed by atoms with van der Waals surface area (Å²) in [6.07, 6.45) is 0.766. The van der Waals surface area contributed by atoms with E-state index in [-0.39, 0.29) is 11.7 Å². The predicted molar refractivity (Wildman–Crippen MR) is 45.0 cm³/mol. The van der Waals surface area contributed by atoms with Crippen LogP contribution in [0.5, 0.6) is 0 Å². The van der Waals surface area contributed by atoms with Crippen molar-refractivity contribution in [2.75, 3.05) is 0 Å². The molecule has 0 amide bonds. The second kappa shape index (κ2) is 3.87. The topological polar surface area (TPSA) is 23.8 Å². The van der Waals surface area contributed by atoms with Crippen LogP contribution in [0.25, 0.3) is 0 Å². The molecule has 2 heteroatoms. The third-order valence-electron chi connectivity index (χ3n) is 1.84. The Kier molecular flexibility index (Phi) is 2.82. The maximum Gasteiger partial charge on any atom is 0.123 e. The Morgan fingerprint density at radius 1 is 1.42 bits per heavy atom. The normalized spacial score (nSPS) is 12.1. The van der Waals surface area contributed by atoms with Gasteiger partial charge >= 0.3 is 0 Å². The largest absolute Gasteiger partial charge is 0.207 e. The summed E-state index contributed by atoms with van der Waals surface area (Å²) in [4.78, 5) is 0. The average Bonchev–Trinajstić information content (AvgIpc) is 2.10. The first-order valence-electron chi connectivity index (χ1n) is 3.93. The summed E-state index contributed by atoms with van der Waals surface area (Å²) in [5, 5.41) is 8.71. The van der Waals surface area contributed by atoms with Gasteiger partial charge in [-0.1, -0.05) is 19.1 Å². The van der Waals surface area contributed by atoms with E-state index in [0.717, 1.165) is 12.0 Å². The van der Waals surface area contributed by atoms with Crippen LogP contribution in [0.1, 0.15) is 24.8 Å². The fourth-order valence-corrected chi connectivity index (χ4v) is 1.10. The molecule has 0 aromatic heterocycles. The number of nitrogens with zero attached hydrogens (tertiary/aromatic N) is 1. The van der Waals surface area contributed by atoms with Crippen LogP contribution in [0.15, 0.2) is 24.3 Å². The molecule has 0 N–H and O–H groups in total. The van der Waals surface area contributed by atoms with Crippen molar-refractivity contribution in [1.29, 1.82) is 5.26 Å². The third-order valence-corrected chi connectivity index (χ3v) is 1.84. The van der Waals surface area contributed by atoms with Crippen molar-refractivity contribution in [2.24, 2.45) is 0 Å². The van der Waals surface area contributed by atoms with Gasteiger partial charge in [-0.3, -0.25) is 0 Å². The van der Waals surface area contributed by atoms with E-state index in [1.807, 2.05) is 6.92 Å². The maximum atomic E-state index is 12.5. The predicted octanol–water partition coefficient (Wildman–Crippen LogP) is 2.84. The summed E-state index contributed by atoms with van der Waals surface area (Å²) in [6, 6.07) is 8.25. The minimum atomic E-state index is -0.258. The van der Waals surface area contributed by atoms with Crippen LogP contribution in [0.2, 0.25) is 0 Å². The molecule has 1 rings (SSSR count). The van der Waals surface area contributed by atoms with Gasteiger partial charge in [0.1, 0.15) is 5.82 Å². The summed E-state index contributed by atoms with van der Waals surface area (Å²) < 4.78 is 12.5. The molecular weight excluding hydrogens is 153 g/mol. The lowest BCUT2D eigenvalue weighted by Crippen LogP contribution is -1.92. The van der Waals surface area contributed by atoms with Crippen LogP contribution in [0.3, 0.4) is 0 Å². The van der Waals surface area contributed by atoms with Crippen molar-refractivity contribution in [1.82, 2.24) is 0 Å². The number of benzene rings is 1. The molecule has 0 spiro atoms. The summed E-state index contributed by atoms with van der Waals surface area (Å²) in [5.41, 5.74) is 0.890. The van der Waals surface area contributed by atoms with Crippen molar-refractivity contribution >= 4 is 0 Å². The molecule has 0 fully saturated rings. The van der Waals surface area contributed by atoms with Crippen molar-refractivity contribution in [3.63, 3.8) is 0 Å². The van der Waals surface area contributed by atoms with Gasteiger partial charge in [0, 0.05) is 0 Å². The monoisotopic (exact) mass is 163 g/mol. The van der Waals surface area contributed by atoms with Gasteiger partial charge < -0.3 is 0 Å². The van der Waals surface area contributed by atoms with Crippen LogP contribution in [0.4, 0.5) is 4.39 Å². The van der Waals surface area contributed by atoms with Crippen LogP contribution in [-0.4, -0.2) is 0 Å². The van der Waals surface area contributed by atoms with Crippen LogP contribution in [0, 0.1) is 17.1 Å². The lowest BCUT2D eigenvalue weighted by Gasteiger charge is -2.04. The number of hydrogen-bond acceptors (Lipinski definition) is 1. The quantitative estimate of drug-likeness (QED) is 0.657. The Hall–Kier alpha value is -1.36. The minimum absolute atomic E-state index is 0.106. The van der Waals surface area contributed by atoms with Crippen LogP contribution in [-0.2, 0) is 0 Å². The fraction of sp³-hybridized carbons (Fsp3) is 0.300. The lowest BCUT2D eigenvalue weighted by molar-refractivity contribution is 0.626. The molecule has 12 heavy (non-hydrogen) atoms. The number of nitriles is 1. The van der Waals surface area contributed by atoms with Gasteiger partial charge in [0.15, 0.2) is 0 Å². The number of halogens is 1. The summed E-state index contributed by atoms with van der Waals surface area (Å²) in [5.74, 6) is -0.364. The van der Waals surface area contributed by atoms with Gasteiger partial charge in [0.25, 0.3) is 0 Å². The highest BCUT2D eigenvalue weighted by Gasteiger charge is 2.06. The summed E-state index contributed by atoms with van der Waals surface area (Å²) in [7, 11) is 0. The molecule has 1 atom stereocenters. The minimum Gasteiger partial charge on any atom is -0.207 e. The molecule has 0 saturated heterocycles. The summed E-state index contributed by atoms with van der Waals surface area (Å²) in [6.45, 7) is 1.94. The Morgan fingerprint density at radius 2 is 2.00 bits per heavy atom. The van der Waals surface area contributed by atoms with Crippen molar-refractivity contribution in [2.45, 2.75) is 19.3 Å². The van der Waals surface area contributed by atoms with E-state index in [1.165, 1.54) is 12.1 Å². The van der Waals surface area contributed by atoms with Gasteiger partial charge in [-0.15, -0.1) is 0 Å². The van der Waals surface area contributed by atoms with Gasteiger partial charge in [-0.2, -0.15) is 5.26 Å². The average molecular weight is 163 g/mol. The number of rotatable bonds is 2. The van der Waals surface area contributed by atoms with E-state index in [1.54, 1.807) is 12.1 Å². The highest BCUT2D eigenvalue weighted by molar-refractivity contribution is 5.24. The van der Waals surface area contributed by atoms with E-state index in [9.17, 15) is 4.39 Å². The van der Waals surface area contributed by atoms with E-state index in [4.69, 9.17) is 5.26 Å². The van der Waals surface area contributed by atoms with E-state index >= 15 is 0 Å². The molecule has 0 aliphatic carbocycles. The molecule has 0 saturated carbocycles. The zero-order chi connectivity index (χ0) is 8.97. The zero-order valence-electron chi connectivity index (χ0n) is 6.92. The third kappa shape index (κ3) is 1.82. The number of hydrogen-bond donors (Lipinski definition) is 0. The standard InChI is InChI=1S/C10H10FN/c1-2-8(7-12)9-3-5-10(11)6-4-9/h3-6,8H,2H2,1H3. The Labute approximate surface area is 71.4 Å². The smallest absolute Gasteiger partial charge is 0.123 e. The summed E-state index contributed by atoms with van der Waals surface area (Å²) >= 11 is 0. The van der Waals surface area contributed by atoms with Crippen LogP contribution < -0.4 is 0 Å². The molecule has 0 heterocycles. The zero-order valence-corrected chi connectivity index (χ0v) is 6.92. The Bertz CT molecular complexity index is 284. The Morgan fingerprint density at radius 3 is 2.42 bits per heavy atom. The molecule has 0 aliphatic rings. The molecule has 1 aromatic carbocycles.